The minimum Gasteiger partial charge on any atom is -0.482 e. The summed E-state index contributed by atoms with van der Waals surface area (Å²) in [5, 5.41) is 2.81. The van der Waals surface area contributed by atoms with Gasteiger partial charge >= 0.3 is 0 Å². The molecule has 8 heteroatoms. The number of amides is 3. The molecule has 4 rings (SSSR count). The van der Waals surface area contributed by atoms with Crippen molar-refractivity contribution in [3.63, 3.8) is 0 Å². The number of carbonyl (C=O) groups excluding carboxylic acids is 3. The van der Waals surface area contributed by atoms with Crippen molar-refractivity contribution in [1.29, 1.82) is 0 Å². The summed E-state index contributed by atoms with van der Waals surface area (Å²) in [4.78, 5) is 41.0. The zero-order chi connectivity index (χ0) is 19.7. The molecule has 1 fully saturated rings. The minimum absolute atomic E-state index is 0.126. The molecule has 1 saturated heterocycles. The van der Waals surface area contributed by atoms with Gasteiger partial charge in [-0.3, -0.25) is 19.3 Å². The number of nitrogens with zero attached hydrogens (tertiary/aromatic N) is 2. The van der Waals surface area contributed by atoms with E-state index >= 15 is 0 Å². The van der Waals surface area contributed by atoms with Crippen LogP contribution in [0.25, 0.3) is 0 Å². The molecule has 0 saturated carbocycles. The second kappa shape index (κ2) is 7.63. The lowest BCUT2D eigenvalue weighted by Crippen LogP contribution is -2.55. The molecule has 0 radical (unpaired) electrons. The van der Waals surface area contributed by atoms with E-state index in [1.54, 1.807) is 18.2 Å². The lowest BCUT2D eigenvalue weighted by molar-refractivity contribution is -0.143. The van der Waals surface area contributed by atoms with Gasteiger partial charge in [-0.25, -0.2) is 0 Å². The van der Waals surface area contributed by atoms with Gasteiger partial charge in [0, 0.05) is 17.6 Å². The average Bonchev–Trinajstić information content (AvgIpc) is 2.70. The normalized spacial score (nSPS) is 19.0. The molecule has 3 amide bonds. The Morgan fingerprint density at radius 2 is 1.96 bits per heavy atom. The first-order chi connectivity index (χ1) is 13.5. The van der Waals surface area contributed by atoms with Gasteiger partial charge in [0.2, 0.25) is 11.8 Å². The molecule has 2 aromatic rings. The first kappa shape index (κ1) is 18.5. The van der Waals surface area contributed by atoms with Crippen LogP contribution in [0.5, 0.6) is 5.75 Å². The van der Waals surface area contributed by atoms with Crippen LogP contribution in [0, 0.1) is 0 Å². The Balaban J connectivity index is 1.60. The molecule has 0 spiro atoms. The summed E-state index contributed by atoms with van der Waals surface area (Å²) in [5.74, 6) is -0.255. The maximum atomic E-state index is 13.1. The Hall–Kier alpha value is -2.87. The van der Waals surface area contributed by atoms with Gasteiger partial charge in [-0.2, -0.15) is 0 Å². The number of benzene rings is 2. The monoisotopic (exact) mass is 443 g/mol. The number of carbonyl (C=O) groups is 3. The quantitative estimate of drug-likeness (QED) is 0.785. The van der Waals surface area contributed by atoms with E-state index < -0.39 is 6.04 Å². The Morgan fingerprint density at radius 3 is 2.75 bits per heavy atom. The highest BCUT2D eigenvalue weighted by molar-refractivity contribution is 9.10. The molecule has 7 nitrogen and oxygen atoms in total. The molecule has 2 aromatic carbocycles. The molecule has 2 aliphatic rings. The fourth-order valence-corrected chi connectivity index (χ4v) is 3.82. The van der Waals surface area contributed by atoms with Crippen molar-refractivity contribution in [1.82, 2.24) is 10.2 Å². The van der Waals surface area contributed by atoms with E-state index in [4.69, 9.17) is 4.74 Å². The van der Waals surface area contributed by atoms with Gasteiger partial charge in [-0.1, -0.05) is 46.3 Å². The van der Waals surface area contributed by atoms with E-state index in [-0.39, 0.29) is 30.9 Å². The first-order valence-corrected chi connectivity index (χ1v) is 9.69. The predicted molar refractivity (Wildman–Crippen MR) is 106 cm³/mol. The van der Waals surface area contributed by atoms with E-state index in [0.717, 1.165) is 10.0 Å². The molecule has 28 heavy (non-hydrogen) atoms. The van der Waals surface area contributed by atoms with Gasteiger partial charge in [0.1, 0.15) is 18.3 Å². The number of hydrogen-bond acceptors (Lipinski definition) is 4. The van der Waals surface area contributed by atoms with Crippen LogP contribution in [0.4, 0.5) is 5.69 Å². The average molecular weight is 444 g/mol. The third-order valence-corrected chi connectivity index (χ3v) is 5.30. The van der Waals surface area contributed by atoms with Crippen molar-refractivity contribution in [2.24, 2.45) is 0 Å². The third kappa shape index (κ3) is 3.47. The number of hydrogen-bond donors (Lipinski definition) is 1. The Kier molecular flexibility index (Phi) is 5.04. The maximum absolute atomic E-state index is 13.1. The topological polar surface area (TPSA) is 79.0 Å². The molecule has 1 unspecified atom stereocenters. The van der Waals surface area contributed by atoms with E-state index in [9.17, 15) is 14.4 Å². The van der Waals surface area contributed by atoms with Crippen LogP contribution in [0.1, 0.15) is 11.6 Å². The maximum Gasteiger partial charge on any atom is 0.265 e. The number of anilines is 1. The number of rotatable bonds is 3. The second-order valence-electron chi connectivity index (χ2n) is 6.57. The van der Waals surface area contributed by atoms with Crippen molar-refractivity contribution < 1.29 is 19.1 Å². The van der Waals surface area contributed by atoms with Crippen LogP contribution in [0.3, 0.4) is 0 Å². The fraction of sp³-hybridized carbons (Fsp3) is 0.250. The van der Waals surface area contributed by atoms with Crippen molar-refractivity contribution in [3.05, 3.63) is 58.6 Å². The Bertz CT molecular complexity index is 934. The zero-order valence-corrected chi connectivity index (χ0v) is 16.5. The summed E-state index contributed by atoms with van der Waals surface area (Å²) >= 11 is 3.38. The molecule has 2 aliphatic heterocycles. The SMILES string of the molecule is O=C1NCCN(C(=O)CN2C(=O)COc3cc(Br)ccc32)C1c1ccccc1. The van der Waals surface area contributed by atoms with Gasteiger partial charge in [0.05, 0.1) is 5.69 Å². The first-order valence-electron chi connectivity index (χ1n) is 8.89. The molecule has 0 aliphatic carbocycles. The van der Waals surface area contributed by atoms with E-state index in [2.05, 4.69) is 21.2 Å². The van der Waals surface area contributed by atoms with Crippen LogP contribution in [-0.4, -0.2) is 48.9 Å². The summed E-state index contributed by atoms with van der Waals surface area (Å²) in [5.41, 5.74) is 1.29. The van der Waals surface area contributed by atoms with Gasteiger partial charge in [-0.05, 0) is 23.8 Å². The van der Waals surface area contributed by atoms with Gasteiger partial charge in [-0.15, -0.1) is 0 Å². The highest BCUT2D eigenvalue weighted by Crippen LogP contribution is 2.34. The molecule has 1 atom stereocenters. The van der Waals surface area contributed by atoms with Crippen LogP contribution >= 0.6 is 15.9 Å². The standard InChI is InChI=1S/C20H18BrN3O4/c21-14-6-7-15-16(10-14)28-12-18(26)24(15)11-17(25)23-9-8-22-20(27)19(23)13-4-2-1-3-5-13/h1-7,10,19H,8-9,11-12H2,(H,22,27). The lowest BCUT2D eigenvalue weighted by atomic mass is 10.0. The van der Waals surface area contributed by atoms with Crippen LogP contribution < -0.4 is 15.0 Å². The summed E-state index contributed by atoms with van der Waals surface area (Å²) in [6.07, 6.45) is 0. The lowest BCUT2D eigenvalue weighted by Gasteiger charge is -2.37. The number of nitrogens with one attached hydrogen (secondary N) is 1. The van der Waals surface area contributed by atoms with Gasteiger partial charge in [0.15, 0.2) is 6.61 Å². The second-order valence-corrected chi connectivity index (χ2v) is 7.49. The van der Waals surface area contributed by atoms with E-state index in [1.165, 1.54) is 9.80 Å². The summed E-state index contributed by atoms with van der Waals surface area (Å²) < 4.78 is 6.29. The molecular weight excluding hydrogens is 426 g/mol. The van der Waals surface area contributed by atoms with Crippen LogP contribution in [0.15, 0.2) is 53.0 Å². The number of piperazine rings is 1. The number of halogens is 1. The van der Waals surface area contributed by atoms with E-state index in [0.29, 0.717) is 24.5 Å². The zero-order valence-electron chi connectivity index (χ0n) is 14.9. The summed E-state index contributed by atoms with van der Waals surface area (Å²) in [6.45, 7) is 0.497. The highest BCUT2D eigenvalue weighted by Gasteiger charge is 2.36. The summed E-state index contributed by atoms with van der Waals surface area (Å²) in [7, 11) is 0. The number of fused-ring (bicyclic) bond motifs is 1. The largest absolute Gasteiger partial charge is 0.482 e. The van der Waals surface area contributed by atoms with Gasteiger partial charge in [0.25, 0.3) is 5.91 Å². The third-order valence-electron chi connectivity index (χ3n) is 4.81. The van der Waals surface area contributed by atoms with Crippen LogP contribution in [0.2, 0.25) is 0 Å². The van der Waals surface area contributed by atoms with Crippen molar-refractivity contribution in [2.45, 2.75) is 6.04 Å². The minimum atomic E-state index is -0.706. The highest BCUT2D eigenvalue weighted by atomic mass is 79.9. The van der Waals surface area contributed by atoms with Crippen molar-refractivity contribution in [2.75, 3.05) is 31.1 Å². The van der Waals surface area contributed by atoms with Crippen molar-refractivity contribution >= 4 is 39.3 Å². The Morgan fingerprint density at radius 1 is 1.18 bits per heavy atom. The molecule has 0 bridgehead atoms. The molecule has 144 valence electrons. The molecule has 1 N–H and O–H groups in total. The predicted octanol–water partition coefficient (Wildman–Crippen LogP) is 1.87. The van der Waals surface area contributed by atoms with Crippen molar-refractivity contribution in [3.8, 4) is 5.75 Å². The van der Waals surface area contributed by atoms with Gasteiger partial charge < -0.3 is 15.0 Å². The summed E-state index contributed by atoms with van der Waals surface area (Å²) in [6, 6.07) is 13.8. The van der Waals surface area contributed by atoms with E-state index in [1.807, 2.05) is 30.3 Å². The molecular formula is C20H18BrN3O4. The number of ether oxygens (including phenoxy) is 1. The Labute approximate surface area is 170 Å². The molecule has 0 aromatic heterocycles. The smallest absolute Gasteiger partial charge is 0.265 e. The van der Waals surface area contributed by atoms with Crippen LogP contribution in [-0.2, 0) is 14.4 Å². The fourth-order valence-electron chi connectivity index (χ4n) is 3.48. The molecule has 2 heterocycles.